The Hall–Kier alpha value is -2.82. The van der Waals surface area contributed by atoms with Crippen molar-refractivity contribution in [3.8, 4) is 11.3 Å². The Morgan fingerprint density at radius 2 is 2.07 bits per heavy atom. The van der Waals surface area contributed by atoms with E-state index in [4.69, 9.17) is 16.3 Å². The highest BCUT2D eigenvalue weighted by molar-refractivity contribution is 9.10. The number of esters is 1. The van der Waals surface area contributed by atoms with E-state index in [1.165, 1.54) is 31.2 Å². The van der Waals surface area contributed by atoms with E-state index in [-0.39, 0.29) is 21.4 Å². The van der Waals surface area contributed by atoms with Crippen LogP contribution in [0, 0.1) is 10.1 Å². The molecule has 0 fully saturated rings. The minimum atomic E-state index is -1.10. The molecule has 1 atom stereocenters. The number of nitrogens with one attached hydrogen (secondary N) is 1. The Labute approximate surface area is 188 Å². The number of nitro benzene ring substituents is 1. The number of rotatable bonds is 6. The second-order valence-electron chi connectivity index (χ2n) is 6.01. The third kappa shape index (κ3) is 5.21. The monoisotopic (exact) mass is 509 g/mol. The second-order valence-corrected chi connectivity index (χ2v) is 8.19. The standard InChI is InChI=1S/C19H13BrClN3O5S/c1-10(29-18(26)14-8-12(20)5-6-15(14)21)17(25)23-19-22-16(9-30-19)11-3-2-4-13(7-11)24(27)28/h2-10H,1H3,(H,22,23,25)/t10-/m1/s1. The van der Waals surface area contributed by atoms with Crippen molar-refractivity contribution in [3.63, 3.8) is 0 Å². The summed E-state index contributed by atoms with van der Waals surface area (Å²) in [4.78, 5) is 39.3. The van der Waals surface area contributed by atoms with Crippen LogP contribution in [-0.2, 0) is 9.53 Å². The first-order valence-corrected chi connectivity index (χ1v) is 10.5. The third-order valence-corrected chi connectivity index (χ3v) is 5.47. The average Bonchev–Trinajstić information content (AvgIpc) is 3.18. The number of carbonyl (C=O) groups is 2. The number of ether oxygens (including phenoxy) is 1. The van der Waals surface area contributed by atoms with Crippen molar-refractivity contribution in [3.05, 3.63) is 73.0 Å². The van der Waals surface area contributed by atoms with E-state index in [1.54, 1.807) is 23.6 Å². The highest BCUT2D eigenvalue weighted by Crippen LogP contribution is 2.28. The summed E-state index contributed by atoms with van der Waals surface area (Å²) < 4.78 is 5.83. The molecule has 0 aliphatic rings. The maximum atomic E-state index is 12.4. The lowest BCUT2D eigenvalue weighted by atomic mass is 10.1. The summed E-state index contributed by atoms with van der Waals surface area (Å²) in [7, 11) is 0. The van der Waals surface area contributed by atoms with Crippen LogP contribution in [0.25, 0.3) is 11.3 Å². The molecule has 1 amide bonds. The van der Waals surface area contributed by atoms with Gasteiger partial charge in [0.15, 0.2) is 11.2 Å². The van der Waals surface area contributed by atoms with E-state index in [0.717, 1.165) is 11.3 Å². The predicted molar refractivity (Wildman–Crippen MR) is 117 cm³/mol. The fraction of sp³-hybridized carbons (Fsp3) is 0.105. The van der Waals surface area contributed by atoms with Gasteiger partial charge in [-0.15, -0.1) is 11.3 Å². The number of anilines is 1. The highest BCUT2D eigenvalue weighted by atomic mass is 79.9. The molecular weight excluding hydrogens is 498 g/mol. The van der Waals surface area contributed by atoms with Crippen molar-refractivity contribution in [1.82, 2.24) is 4.98 Å². The molecule has 2 aromatic carbocycles. The molecule has 0 spiro atoms. The van der Waals surface area contributed by atoms with Gasteiger partial charge in [0.25, 0.3) is 11.6 Å². The third-order valence-electron chi connectivity index (χ3n) is 3.89. The fourth-order valence-electron chi connectivity index (χ4n) is 2.38. The molecule has 154 valence electrons. The molecule has 0 aliphatic carbocycles. The summed E-state index contributed by atoms with van der Waals surface area (Å²) in [6.07, 6.45) is -1.10. The number of nitrogens with zero attached hydrogens (tertiary/aromatic N) is 2. The number of hydrogen-bond acceptors (Lipinski definition) is 7. The lowest BCUT2D eigenvalue weighted by Crippen LogP contribution is -2.30. The zero-order chi connectivity index (χ0) is 21.8. The molecule has 0 unspecified atom stereocenters. The molecule has 3 aromatic rings. The van der Waals surface area contributed by atoms with Gasteiger partial charge < -0.3 is 4.74 Å². The van der Waals surface area contributed by atoms with Crippen molar-refractivity contribution in [2.45, 2.75) is 13.0 Å². The van der Waals surface area contributed by atoms with Gasteiger partial charge in [-0.05, 0) is 25.1 Å². The van der Waals surface area contributed by atoms with Crippen LogP contribution in [0.1, 0.15) is 17.3 Å². The van der Waals surface area contributed by atoms with E-state index >= 15 is 0 Å². The van der Waals surface area contributed by atoms with Gasteiger partial charge in [-0.1, -0.05) is 39.7 Å². The lowest BCUT2D eigenvalue weighted by molar-refractivity contribution is -0.384. The molecule has 8 nitrogen and oxygen atoms in total. The minimum absolute atomic E-state index is 0.0576. The number of thiazole rings is 1. The van der Waals surface area contributed by atoms with Gasteiger partial charge in [-0.2, -0.15) is 0 Å². The van der Waals surface area contributed by atoms with Crippen LogP contribution >= 0.6 is 38.9 Å². The molecule has 0 radical (unpaired) electrons. The lowest BCUT2D eigenvalue weighted by Gasteiger charge is -2.13. The molecule has 3 rings (SSSR count). The number of hydrogen-bond donors (Lipinski definition) is 1. The SMILES string of the molecule is C[C@@H](OC(=O)c1cc(Br)ccc1Cl)C(=O)Nc1nc(-c2cccc([N+](=O)[O-])c2)cs1. The molecule has 1 heterocycles. The van der Waals surface area contributed by atoms with Crippen molar-refractivity contribution in [1.29, 1.82) is 0 Å². The zero-order valence-electron chi connectivity index (χ0n) is 15.3. The molecule has 30 heavy (non-hydrogen) atoms. The van der Waals surface area contributed by atoms with Gasteiger partial charge in [-0.3, -0.25) is 20.2 Å². The summed E-state index contributed by atoms with van der Waals surface area (Å²) in [5.41, 5.74) is 1.10. The summed E-state index contributed by atoms with van der Waals surface area (Å²) >= 11 is 10.4. The number of amides is 1. The summed E-state index contributed by atoms with van der Waals surface area (Å²) in [5.74, 6) is -1.31. The Morgan fingerprint density at radius 1 is 1.30 bits per heavy atom. The minimum Gasteiger partial charge on any atom is -0.449 e. The van der Waals surface area contributed by atoms with Gasteiger partial charge in [0.2, 0.25) is 0 Å². The summed E-state index contributed by atoms with van der Waals surface area (Å²) in [5, 5.41) is 15.6. The first kappa shape index (κ1) is 21.9. The van der Waals surface area contributed by atoms with E-state index < -0.39 is 22.9 Å². The Bertz CT molecular complexity index is 1140. The highest BCUT2D eigenvalue weighted by Gasteiger charge is 2.22. The Morgan fingerprint density at radius 3 is 2.80 bits per heavy atom. The Kier molecular flexibility index (Phi) is 6.80. The van der Waals surface area contributed by atoms with Gasteiger partial charge in [0.1, 0.15) is 0 Å². The molecule has 0 aliphatic heterocycles. The average molecular weight is 511 g/mol. The van der Waals surface area contributed by atoms with Crippen LogP contribution in [0.4, 0.5) is 10.8 Å². The molecular formula is C19H13BrClN3O5S. The number of nitro groups is 1. The van der Waals surface area contributed by atoms with Crippen molar-refractivity contribution in [2.75, 3.05) is 5.32 Å². The van der Waals surface area contributed by atoms with Crippen molar-refractivity contribution < 1.29 is 19.2 Å². The first-order chi connectivity index (χ1) is 14.2. The molecule has 0 bridgehead atoms. The van der Waals surface area contributed by atoms with E-state index in [9.17, 15) is 19.7 Å². The van der Waals surface area contributed by atoms with E-state index in [0.29, 0.717) is 15.7 Å². The van der Waals surface area contributed by atoms with Crippen LogP contribution in [0.3, 0.4) is 0 Å². The molecule has 1 aromatic heterocycles. The predicted octanol–water partition coefficient (Wildman–Crippen LogP) is 5.32. The Balaban J connectivity index is 1.66. The normalized spacial score (nSPS) is 11.6. The fourth-order valence-corrected chi connectivity index (χ4v) is 3.66. The number of non-ortho nitro benzene ring substituents is 1. The van der Waals surface area contributed by atoms with Crippen LogP contribution in [0.15, 0.2) is 52.3 Å². The maximum Gasteiger partial charge on any atom is 0.340 e. The summed E-state index contributed by atoms with van der Waals surface area (Å²) in [6.45, 7) is 1.42. The molecule has 1 N–H and O–H groups in total. The molecule has 0 saturated carbocycles. The van der Waals surface area contributed by atoms with E-state index in [1.807, 2.05) is 0 Å². The summed E-state index contributed by atoms with van der Waals surface area (Å²) in [6, 6.07) is 10.7. The molecule has 0 saturated heterocycles. The number of carbonyl (C=O) groups excluding carboxylic acids is 2. The van der Waals surface area contributed by atoms with Crippen LogP contribution < -0.4 is 5.32 Å². The maximum absolute atomic E-state index is 12.4. The smallest absolute Gasteiger partial charge is 0.340 e. The van der Waals surface area contributed by atoms with Gasteiger partial charge >= 0.3 is 5.97 Å². The van der Waals surface area contributed by atoms with Crippen molar-refractivity contribution in [2.24, 2.45) is 0 Å². The largest absolute Gasteiger partial charge is 0.449 e. The van der Waals surface area contributed by atoms with Gasteiger partial charge in [0, 0.05) is 27.5 Å². The second kappa shape index (κ2) is 9.33. The number of aromatic nitrogens is 1. The van der Waals surface area contributed by atoms with Crippen LogP contribution in [-0.4, -0.2) is 27.9 Å². The van der Waals surface area contributed by atoms with Crippen molar-refractivity contribution >= 4 is 61.6 Å². The van der Waals surface area contributed by atoms with Gasteiger partial charge in [0.05, 0.1) is 21.2 Å². The number of halogens is 2. The topological polar surface area (TPSA) is 111 Å². The van der Waals surface area contributed by atoms with Crippen LogP contribution in [0.2, 0.25) is 5.02 Å². The zero-order valence-corrected chi connectivity index (χ0v) is 18.5. The first-order valence-electron chi connectivity index (χ1n) is 8.42. The van der Waals surface area contributed by atoms with E-state index in [2.05, 4.69) is 26.2 Å². The quantitative estimate of drug-likeness (QED) is 0.273. The van der Waals surface area contributed by atoms with Crippen LogP contribution in [0.5, 0.6) is 0 Å². The molecule has 11 heteroatoms. The number of benzene rings is 2. The van der Waals surface area contributed by atoms with Gasteiger partial charge in [-0.25, -0.2) is 9.78 Å².